The first-order valence-electron chi connectivity index (χ1n) is 11.2. The minimum absolute atomic E-state index is 0.0923. The van der Waals surface area contributed by atoms with E-state index in [0.717, 1.165) is 36.3 Å². The summed E-state index contributed by atoms with van der Waals surface area (Å²) in [6, 6.07) is 19.0. The zero-order chi connectivity index (χ0) is 21.3. The highest BCUT2D eigenvalue weighted by atomic mass is 32.2. The minimum atomic E-state index is 0.0923. The molecule has 0 atom stereocenters. The zero-order valence-electron chi connectivity index (χ0n) is 17.8. The standard InChI is InChI=1S/C27H28N2OS/c1-2-17-29-24(19-31-20-11-5-3-6-12-20)28-25-21-13-7-8-14-23(21)27(15-9-4-10-16-27)18-22(25)26(29)30/h2-3,5-8,11-14H,1,4,9-10,15-19H2. The van der Waals surface area contributed by atoms with Crippen LogP contribution in [0.2, 0.25) is 0 Å². The normalized spacial score (nSPS) is 16.5. The summed E-state index contributed by atoms with van der Waals surface area (Å²) >= 11 is 1.72. The highest BCUT2D eigenvalue weighted by Gasteiger charge is 2.41. The Morgan fingerprint density at radius 1 is 1.03 bits per heavy atom. The summed E-state index contributed by atoms with van der Waals surface area (Å²) in [6.45, 7) is 4.39. The van der Waals surface area contributed by atoms with Gasteiger partial charge in [0.05, 0.1) is 11.4 Å². The van der Waals surface area contributed by atoms with Crippen LogP contribution in [-0.4, -0.2) is 9.55 Å². The smallest absolute Gasteiger partial charge is 0.257 e. The summed E-state index contributed by atoms with van der Waals surface area (Å²) in [5.74, 6) is 1.49. The number of benzene rings is 2. The molecule has 1 saturated carbocycles. The van der Waals surface area contributed by atoms with Gasteiger partial charge in [0.15, 0.2) is 0 Å². The van der Waals surface area contributed by atoms with E-state index in [9.17, 15) is 4.79 Å². The van der Waals surface area contributed by atoms with Gasteiger partial charge in [-0.2, -0.15) is 0 Å². The van der Waals surface area contributed by atoms with Crippen LogP contribution in [0.1, 0.15) is 49.1 Å². The third-order valence-corrected chi connectivity index (χ3v) is 7.85. The molecule has 1 spiro atoms. The molecular formula is C27H28N2OS. The fraction of sp³-hybridized carbons (Fsp3) is 0.333. The third-order valence-electron chi connectivity index (χ3n) is 6.84. The highest BCUT2D eigenvalue weighted by molar-refractivity contribution is 7.98. The lowest BCUT2D eigenvalue weighted by Gasteiger charge is -2.42. The lowest BCUT2D eigenvalue weighted by molar-refractivity contribution is 0.286. The van der Waals surface area contributed by atoms with Crippen molar-refractivity contribution < 1.29 is 0 Å². The van der Waals surface area contributed by atoms with Gasteiger partial charge in [-0.1, -0.05) is 67.8 Å². The molecule has 1 heterocycles. The van der Waals surface area contributed by atoms with Crippen LogP contribution < -0.4 is 5.56 Å². The second kappa shape index (κ2) is 8.51. The second-order valence-electron chi connectivity index (χ2n) is 8.72. The molecule has 3 aromatic rings. The number of hydrogen-bond donors (Lipinski definition) is 0. The van der Waals surface area contributed by atoms with E-state index in [1.165, 1.54) is 35.3 Å². The number of allylic oxidation sites excluding steroid dienone is 1. The average Bonchev–Trinajstić information content (AvgIpc) is 2.82. The first-order chi connectivity index (χ1) is 15.2. The predicted octanol–water partition coefficient (Wildman–Crippen LogP) is 6.15. The molecule has 0 unspecified atom stereocenters. The van der Waals surface area contributed by atoms with E-state index >= 15 is 0 Å². The molecule has 0 N–H and O–H groups in total. The van der Waals surface area contributed by atoms with Crippen molar-refractivity contribution in [1.82, 2.24) is 9.55 Å². The van der Waals surface area contributed by atoms with Gasteiger partial charge in [0, 0.05) is 28.0 Å². The molecule has 0 amide bonds. The first kappa shape index (κ1) is 20.3. The average molecular weight is 429 g/mol. The van der Waals surface area contributed by atoms with Gasteiger partial charge in [0.2, 0.25) is 0 Å². The van der Waals surface area contributed by atoms with Crippen LogP contribution in [0.25, 0.3) is 11.3 Å². The lowest BCUT2D eigenvalue weighted by Crippen LogP contribution is -2.40. The molecule has 4 heteroatoms. The Morgan fingerprint density at radius 2 is 1.77 bits per heavy atom. The van der Waals surface area contributed by atoms with E-state index in [1.54, 1.807) is 17.8 Å². The summed E-state index contributed by atoms with van der Waals surface area (Å²) in [6.07, 6.45) is 8.72. The number of aromatic nitrogens is 2. The van der Waals surface area contributed by atoms with E-state index < -0.39 is 0 Å². The maximum absolute atomic E-state index is 13.7. The van der Waals surface area contributed by atoms with Gasteiger partial charge in [-0.15, -0.1) is 18.3 Å². The molecule has 0 aliphatic heterocycles. The number of hydrogen-bond acceptors (Lipinski definition) is 3. The Morgan fingerprint density at radius 3 is 2.55 bits per heavy atom. The number of rotatable bonds is 5. The van der Waals surface area contributed by atoms with Crippen LogP contribution in [-0.2, 0) is 24.1 Å². The van der Waals surface area contributed by atoms with Gasteiger partial charge in [-0.05, 0) is 37.0 Å². The van der Waals surface area contributed by atoms with Crippen LogP contribution in [0.4, 0.5) is 0 Å². The molecule has 0 saturated heterocycles. The van der Waals surface area contributed by atoms with Gasteiger partial charge in [0.25, 0.3) is 5.56 Å². The fourth-order valence-electron chi connectivity index (χ4n) is 5.37. The summed E-state index contributed by atoms with van der Waals surface area (Å²) < 4.78 is 1.84. The van der Waals surface area contributed by atoms with Gasteiger partial charge >= 0.3 is 0 Å². The maximum atomic E-state index is 13.7. The molecule has 2 aliphatic rings. The van der Waals surface area contributed by atoms with Crippen molar-refractivity contribution in [3.63, 3.8) is 0 Å². The summed E-state index contributed by atoms with van der Waals surface area (Å²) in [5.41, 5.74) is 4.58. The second-order valence-corrected chi connectivity index (χ2v) is 9.77. The van der Waals surface area contributed by atoms with E-state index in [0.29, 0.717) is 12.3 Å². The van der Waals surface area contributed by atoms with Crippen LogP contribution >= 0.6 is 11.8 Å². The van der Waals surface area contributed by atoms with E-state index in [-0.39, 0.29) is 11.0 Å². The Balaban J connectivity index is 1.63. The first-order valence-corrected chi connectivity index (χ1v) is 12.2. The molecule has 0 radical (unpaired) electrons. The number of nitrogens with zero attached hydrogens (tertiary/aromatic N) is 2. The molecule has 31 heavy (non-hydrogen) atoms. The quantitative estimate of drug-likeness (QED) is 0.361. The third kappa shape index (κ3) is 3.67. The number of thioether (sulfide) groups is 1. The predicted molar refractivity (Wildman–Crippen MR) is 129 cm³/mol. The Hall–Kier alpha value is -2.59. The molecule has 1 aromatic heterocycles. The molecular weight excluding hydrogens is 400 g/mol. The Kier molecular flexibility index (Phi) is 5.58. The van der Waals surface area contributed by atoms with Gasteiger partial charge in [-0.25, -0.2) is 4.98 Å². The lowest BCUT2D eigenvalue weighted by atomic mass is 9.62. The van der Waals surface area contributed by atoms with Crippen molar-refractivity contribution >= 4 is 11.8 Å². The zero-order valence-corrected chi connectivity index (χ0v) is 18.7. The van der Waals surface area contributed by atoms with Crippen molar-refractivity contribution in [2.24, 2.45) is 0 Å². The summed E-state index contributed by atoms with van der Waals surface area (Å²) in [7, 11) is 0. The van der Waals surface area contributed by atoms with Crippen molar-refractivity contribution in [1.29, 1.82) is 0 Å². The molecule has 1 fully saturated rings. The van der Waals surface area contributed by atoms with Gasteiger partial charge < -0.3 is 0 Å². The molecule has 5 rings (SSSR count). The van der Waals surface area contributed by atoms with Crippen LogP contribution in [0, 0.1) is 0 Å². The molecule has 2 aromatic carbocycles. The van der Waals surface area contributed by atoms with Crippen molar-refractivity contribution in [2.75, 3.05) is 0 Å². The van der Waals surface area contributed by atoms with Crippen molar-refractivity contribution in [2.45, 2.75) is 61.1 Å². The van der Waals surface area contributed by atoms with E-state index in [2.05, 4.69) is 43.0 Å². The molecule has 3 nitrogen and oxygen atoms in total. The molecule has 0 bridgehead atoms. The van der Waals surface area contributed by atoms with Crippen molar-refractivity contribution in [3.05, 3.63) is 94.6 Å². The minimum Gasteiger partial charge on any atom is -0.292 e. The van der Waals surface area contributed by atoms with Crippen LogP contribution in [0.5, 0.6) is 0 Å². The maximum Gasteiger partial charge on any atom is 0.257 e. The van der Waals surface area contributed by atoms with Gasteiger partial charge in [0.1, 0.15) is 5.82 Å². The topological polar surface area (TPSA) is 34.9 Å². The summed E-state index contributed by atoms with van der Waals surface area (Å²) in [4.78, 5) is 20.0. The largest absolute Gasteiger partial charge is 0.292 e. The molecule has 158 valence electrons. The highest BCUT2D eigenvalue weighted by Crippen LogP contribution is 2.49. The Bertz CT molecular complexity index is 1160. The van der Waals surface area contributed by atoms with Crippen molar-refractivity contribution in [3.8, 4) is 11.3 Å². The monoisotopic (exact) mass is 428 g/mol. The van der Waals surface area contributed by atoms with Crippen LogP contribution in [0.3, 0.4) is 0 Å². The van der Waals surface area contributed by atoms with E-state index in [4.69, 9.17) is 4.98 Å². The Labute approximate surface area is 188 Å². The van der Waals surface area contributed by atoms with E-state index in [1.807, 2.05) is 22.8 Å². The van der Waals surface area contributed by atoms with Gasteiger partial charge in [-0.3, -0.25) is 9.36 Å². The number of fused-ring (bicyclic) bond motifs is 4. The SMILES string of the molecule is C=CCn1c(CSc2ccccc2)nc2c(c1=O)CC1(CCCCC1)c1ccccc1-2. The summed E-state index contributed by atoms with van der Waals surface area (Å²) in [5, 5.41) is 0. The van der Waals surface area contributed by atoms with Crippen LogP contribution in [0.15, 0.2) is 76.9 Å². The molecule has 2 aliphatic carbocycles. The fourth-order valence-corrected chi connectivity index (χ4v) is 6.24.